The number of nitrogens with two attached hydrogens (primary N) is 1. The van der Waals surface area contributed by atoms with Gasteiger partial charge in [0.2, 0.25) is 0 Å². The number of hydrogen-bond acceptors (Lipinski definition) is 3. The molecule has 0 aliphatic rings. The number of ether oxygens (including phenoxy) is 1. The second-order valence-electron chi connectivity index (χ2n) is 4.15. The molecular weight excluding hydrogens is 165 g/mol. The Balaban J connectivity index is 3.09. The Labute approximate surface area is 82.2 Å². The Kier molecular flexibility index (Phi) is 6.38. The topological polar surface area (TPSA) is 44.5 Å². The summed E-state index contributed by atoms with van der Waals surface area (Å²) in [6, 6.07) is 0. The van der Waals surface area contributed by atoms with Gasteiger partial charge in [0, 0.05) is 5.54 Å². The second-order valence-corrected chi connectivity index (χ2v) is 4.15. The third-order valence-corrected chi connectivity index (χ3v) is 1.38. The largest absolute Gasteiger partial charge is 0.438 e. The van der Waals surface area contributed by atoms with Gasteiger partial charge in [0.05, 0.1) is 19.3 Å². The van der Waals surface area contributed by atoms with Crippen LogP contribution in [-0.2, 0) is 9.39 Å². The summed E-state index contributed by atoms with van der Waals surface area (Å²) >= 11 is 0. The molecule has 0 aliphatic carbocycles. The molecule has 13 heavy (non-hydrogen) atoms. The third-order valence-electron chi connectivity index (χ3n) is 1.38. The van der Waals surface area contributed by atoms with Crippen molar-refractivity contribution in [1.82, 2.24) is 0 Å². The van der Waals surface area contributed by atoms with Gasteiger partial charge in [-0.2, -0.15) is 0 Å². The lowest BCUT2D eigenvalue weighted by atomic mass is 9.82. The first-order valence-electron chi connectivity index (χ1n) is 4.75. The first kappa shape index (κ1) is 12.9. The molecule has 0 saturated heterocycles. The zero-order chi connectivity index (χ0) is 10.3. The van der Waals surface area contributed by atoms with Crippen LogP contribution in [0.4, 0.5) is 0 Å². The maximum Gasteiger partial charge on any atom is 0.294 e. The Morgan fingerprint density at radius 3 is 2.38 bits per heavy atom. The Bertz CT molecular complexity index is 123. The highest BCUT2D eigenvalue weighted by Gasteiger charge is 2.11. The summed E-state index contributed by atoms with van der Waals surface area (Å²) in [4.78, 5) is 0. The van der Waals surface area contributed by atoms with Gasteiger partial charge in [-0.1, -0.05) is 0 Å². The minimum Gasteiger partial charge on any atom is -0.438 e. The van der Waals surface area contributed by atoms with E-state index in [4.69, 9.17) is 15.1 Å². The van der Waals surface area contributed by atoms with E-state index in [0.29, 0.717) is 13.2 Å². The molecule has 0 saturated carbocycles. The summed E-state index contributed by atoms with van der Waals surface area (Å²) in [5, 5.41) is 0. The fourth-order valence-electron chi connectivity index (χ4n) is 0.689. The number of rotatable bonds is 7. The number of hydrogen-bond donors (Lipinski definition) is 1. The normalized spacial score (nSPS) is 12.2. The van der Waals surface area contributed by atoms with E-state index in [1.807, 2.05) is 27.7 Å². The van der Waals surface area contributed by atoms with Gasteiger partial charge in [0.15, 0.2) is 0 Å². The molecule has 2 N–H and O–H groups in total. The molecule has 0 fully saturated rings. The molecule has 0 heterocycles. The molecule has 3 nitrogen and oxygen atoms in total. The molecular formula is C9H21BNO2. The van der Waals surface area contributed by atoms with Crippen LogP contribution >= 0.6 is 0 Å². The van der Waals surface area contributed by atoms with Gasteiger partial charge in [0.25, 0.3) is 7.48 Å². The quantitative estimate of drug-likeness (QED) is 0.480. The van der Waals surface area contributed by atoms with E-state index < -0.39 is 0 Å². The zero-order valence-corrected chi connectivity index (χ0v) is 9.17. The summed E-state index contributed by atoms with van der Waals surface area (Å²) in [6.07, 6.45) is 1.03. The summed E-state index contributed by atoms with van der Waals surface area (Å²) in [5.74, 6) is 0. The van der Waals surface area contributed by atoms with E-state index in [1.54, 1.807) is 7.48 Å². The highest BCUT2D eigenvalue weighted by atomic mass is 16.5. The van der Waals surface area contributed by atoms with Gasteiger partial charge in [-0.05, 0) is 34.0 Å². The summed E-state index contributed by atoms with van der Waals surface area (Å²) < 4.78 is 10.5. The highest BCUT2D eigenvalue weighted by molar-refractivity contribution is 6.27. The molecule has 0 aliphatic heterocycles. The van der Waals surface area contributed by atoms with Crippen molar-refractivity contribution in [2.45, 2.75) is 45.7 Å². The maximum atomic E-state index is 5.76. The van der Waals surface area contributed by atoms with Crippen molar-refractivity contribution >= 4 is 7.48 Å². The fourth-order valence-corrected chi connectivity index (χ4v) is 0.689. The van der Waals surface area contributed by atoms with E-state index in [-0.39, 0.29) is 11.6 Å². The molecule has 0 bridgehead atoms. The first-order valence-corrected chi connectivity index (χ1v) is 4.75. The summed E-state index contributed by atoms with van der Waals surface area (Å²) in [6.45, 7) is 9.20. The standard InChI is InChI=1S/C9H21BNO2/c1-8(2)12-5-6-13-10-7-9(3,4)11/h8H,5-7,11H2,1-4H3. The minimum atomic E-state index is -0.182. The average molecular weight is 186 g/mol. The lowest BCUT2D eigenvalue weighted by Gasteiger charge is -2.17. The molecule has 0 spiro atoms. The molecule has 77 valence electrons. The van der Waals surface area contributed by atoms with Crippen molar-refractivity contribution < 1.29 is 9.39 Å². The van der Waals surface area contributed by atoms with Crippen molar-refractivity contribution in [2.75, 3.05) is 13.2 Å². The molecule has 4 heteroatoms. The molecule has 0 aromatic heterocycles. The van der Waals surface area contributed by atoms with Crippen LogP contribution in [0.1, 0.15) is 27.7 Å². The lowest BCUT2D eigenvalue weighted by molar-refractivity contribution is 0.0558. The molecule has 1 radical (unpaired) electrons. The van der Waals surface area contributed by atoms with Gasteiger partial charge in [-0.15, -0.1) is 0 Å². The summed E-state index contributed by atoms with van der Waals surface area (Å²) in [7, 11) is 1.75. The Hall–Kier alpha value is -0.0551. The van der Waals surface area contributed by atoms with Gasteiger partial charge < -0.3 is 15.1 Å². The van der Waals surface area contributed by atoms with Crippen molar-refractivity contribution in [1.29, 1.82) is 0 Å². The summed E-state index contributed by atoms with van der Waals surface area (Å²) in [5.41, 5.74) is 5.57. The SMILES string of the molecule is CC(C)OCCO[B]CC(C)(C)N. The Morgan fingerprint density at radius 2 is 1.92 bits per heavy atom. The fraction of sp³-hybridized carbons (Fsp3) is 1.00. The van der Waals surface area contributed by atoms with Crippen LogP contribution < -0.4 is 5.73 Å². The van der Waals surface area contributed by atoms with Crippen LogP contribution in [0.5, 0.6) is 0 Å². The maximum absolute atomic E-state index is 5.76. The highest BCUT2D eigenvalue weighted by Crippen LogP contribution is 2.02. The van der Waals surface area contributed by atoms with Crippen molar-refractivity contribution in [3.8, 4) is 0 Å². The van der Waals surface area contributed by atoms with E-state index in [0.717, 1.165) is 6.32 Å². The van der Waals surface area contributed by atoms with E-state index in [9.17, 15) is 0 Å². The van der Waals surface area contributed by atoms with Crippen LogP contribution in [0.3, 0.4) is 0 Å². The minimum absolute atomic E-state index is 0.182. The van der Waals surface area contributed by atoms with Gasteiger partial charge in [-0.3, -0.25) is 0 Å². The average Bonchev–Trinajstić information content (AvgIpc) is 1.93. The lowest BCUT2D eigenvalue weighted by Crippen LogP contribution is -2.33. The molecule has 0 unspecified atom stereocenters. The Morgan fingerprint density at radius 1 is 1.31 bits per heavy atom. The molecule has 0 atom stereocenters. The third kappa shape index (κ3) is 11.9. The smallest absolute Gasteiger partial charge is 0.294 e. The van der Waals surface area contributed by atoms with E-state index in [1.165, 1.54) is 0 Å². The molecule has 0 amide bonds. The van der Waals surface area contributed by atoms with Crippen molar-refractivity contribution in [3.05, 3.63) is 0 Å². The monoisotopic (exact) mass is 186 g/mol. The van der Waals surface area contributed by atoms with Gasteiger partial charge in [0.1, 0.15) is 0 Å². The zero-order valence-electron chi connectivity index (χ0n) is 9.17. The van der Waals surface area contributed by atoms with E-state index >= 15 is 0 Å². The van der Waals surface area contributed by atoms with Crippen LogP contribution in [0.25, 0.3) is 0 Å². The predicted molar refractivity (Wildman–Crippen MR) is 55.9 cm³/mol. The van der Waals surface area contributed by atoms with E-state index in [2.05, 4.69) is 0 Å². The molecule has 0 aromatic rings. The van der Waals surface area contributed by atoms with Gasteiger partial charge >= 0.3 is 0 Å². The molecule has 0 aromatic carbocycles. The van der Waals surface area contributed by atoms with Crippen LogP contribution in [-0.4, -0.2) is 32.3 Å². The van der Waals surface area contributed by atoms with Crippen LogP contribution in [0.15, 0.2) is 0 Å². The second kappa shape index (κ2) is 6.41. The van der Waals surface area contributed by atoms with Crippen LogP contribution in [0.2, 0.25) is 6.32 Å². The van der Waals surface area contributed by atoms with Crippen molar-refractivity contribution in [3.63, 3.8) is 0 Å². The first-order chi connectivity index (χ1) is 5.92. The predicted octanol–water partition coefficient (Wildman–Crippen LogP) is 1.20. The van der Waals surface area contributed by atoms with Crippen molar-refractivity contribution in [2.24, 2.45) is 5.73 Å². The molecule has 0 rings (SSSR count). The van der Waals surface area contributed by atoms with Crippen LogP contribution in [0, 0.1) is 0 Å². The van der Waals surface area contributed by atoms with Gasteiger partial charge in [-0.25, -0.2) is 0 Å².